The Bertz CT molecular complexity index is 626. The highest BCUT2D eigenvalue weighted by molar-refractivity contribution is 5.55. The van der Waals surface area contributed by atoms with Gasteiger partial charge in [-0.2, -0.15) is 4.98 Å². The lowest BCUT2D eigenvalue weighted by Crippen LogP contribution is -2.25. The fourth-order valence-electron chi connectivity index (χ4n) is 2.45. The zero-order chi connectivity index (χ0) is 15.4. The Hall–Kier alpha value is -2.35. The Morgan fingerprint density at radius 3 is 2.86 bits per heavy atom. The molecule has 0 unspecified atom stereocenters. The molecular formula is C14H19FN6O. The number of nitrogens with one attached hydrogen (secondary N) is 2. The summed E-state index contributed by atoms with van der Waals surface area (Å²) in [5.41, 5.74) is 5.96. The maximum atomic E-state index is 14.0. The van der Waals surface area contributed by atoms with Crippen molar-refractivity contribution in [2.75, 3.05) is 37.3 Å². The summed E-state index contributed by atoms with van der Waals surface area (Å²) in [4.78, 5) is 6.21. The van der Waals surface area contributed by atoms with Crippen LogP contribution in [0.1, 0.15) is 12.8 Å². The third-order valence-corrected chi connectivity index (χ3v) is 3.55. The molecular weight excluding hydrogens is 287 g/mol. The highest BCUT2D eigenvalue weighted by Gasteiger charge is 2.12. The Labute approximate surface area is 127 Å². The van der Waals surface area contributed by atoms with Gasteiger partial charge in [-0.3, -0.25) is 4.90 Å². The summed E-state index contributed by atoms with van der Waals surface area (Å²) in [6.45, 7) is 3.53. The molecule has 4 N–H and O–H groups in total. The van der Waals surface area contributed by atoms with Gasteiger partial charge in [0.2, 0.25) is 11.9 Å². The molecule has 1 aromatic heterocycles. The van der Waals surface area contributed by atoms with Crippen LogP contribution in [0.25, 0.3) is 0 Å². The first kappa shape index (κ1) is 14.6. The molecule has 1 saturated heterocycles. The van der Waals surface area contributed by atoms with Crippen molar-refractivity contribution in [1.82, 2.24) is 20.1 Å². The van der Waals surface area contributed by atoms with Gasteiger partial charge in [-0.05, 0) is 38.1 Å². The summed E-state index contributed by atoms with van der Waals surface area (Å²) < 4.78 is 19.5. The molecule has 118 valence electrons. The summed E-state index contributed by atoms with van der Waals surface area (Å²) >= 11 is 0. The van der Waals surface area contributed by atoms with Crippen LogP contribution in [0, 0.1) is 5.82 Å². The maximum Gasteiger partial charge on any atom is 0.248 e. The second kappa shape index (κ2) is 6.61. The molecule has 2 aromatic rings. The Kier molecular flexibility index (Phi) is 4.38. The van der Waals surface area contributed by atoms with Crippen LogP contribution in [0.3, 0.4) is 0 Å². The lowest BCUT2D eigenvalue weighted by Gasteiger charge is -2.15. The lowest BCUT2D eigenvalue weighted by molar-refractivity contribution is 0.231. The van der Waals surface area contributed by atoms with Crippen LogP contribution < -0.4 is 15.8 Å². The lowest BCUT2D eigenvalue weighted by atomic mass is 10.3. The summed E-state index contributed by atoms with van der Waals surface area (Å²) in [6, 6.07) is 4.65. The molecule has 3 rings (SSSR count). The van der Waals surface area contributed by atoms with Crippen molar-refractivity contribution in [3.8, 4) is 5.75 Å². The van der Waals surface area contributed by atoms with Crippen LogP contribution in [0.4, 0.5) is 22.0 Å². The van der Waals surface area contributed by atoms with Crippen molar-refractivity contribution < 1.29 is 9.13 Å². The predicted octanol–water partition coefficient (Wildman–Crippen LogP) is 1.74. The number of H-pyrrole nitrogens is 1. The molecule has 0 saturated carbocycles. The minimum Gasteiger partial charge on any atom is -0.489 e. The number of ether oxygens (including phenoxy) is 1. The Balaban J connectivity index is 1.54. The van der Waals surface area contributed by atoms with Gasteiger partial charge >= 0.3 is 0 Å². The minimum atomic E-state index is -0.421. The van der Waals surface area contributed by atoms with Crippen molar-refractivity contribution in [2.24, 2.45) is 0 Å². The quantitative estimate of drug-likeness (QED) is 0.753. The summed E-state index contributed by atoms with van der Waals surface area (Å²) in [7, 11) is 0. The Morgan fingerprint density at radius 1 is 1.36 bits per heavy atom. The molecule has 2 heterocycles. The summed E-state index contributed by atoms with van der Waals surface area (Å²) in [5, 5.41) is 9.18. The number of halogens is 1. The average Bonchev–Trinajstić information content (AvgIpc) is 3.13. The number of nitrogens with zero attached hydrogens (tertiary/aromatic N) is 3. The number of rotatable bonds is 6. The van der Waals surface area contributed by atoms with Gasteiger partial charge in [-0.15, -0.1) is 5.10 Å². The van der Waals surface area contributed by atoms with Gasteiger partial charge in [0.05, 0.1) is 0 Å². The molecule has 0 amide bonds. The van der Waals surface area contributed by atoms with Crippen LogP contribution in [-0.4, -0.2) is 46.3 Å². The number of hydrogen-bond donors (Lipinski definition) is 3. The summed E-state index contributed by atoms with van der Waals surface area (Å²) in [6.07, 6.45) is 2.47. The fraction of sp³-hybridized carbons (Fsp3) is 0.429. The Morgan fingerprint density at radius 2 is 2.18 bits per heavy atom. The van der Waals surface area contributed by atoms with Gasteiger partial charge in [-0.25, -0.2) is 9.49 Å². The fourth-order valence-corrected chi connectivity index (χ4v) is 2.45. The largest absolute Gasteiger partial charge is 0.489 e. The zero-order valence-electron chi connectivity index (χ0n) is 12.2. The van der Waals surface area contributed by atoms with Gasteiger partial charge in [0.1, 0.15) is 6.61 Å². The van der Waals surface area contributed by atoms with Crippen molar-refractivity contribution in [3.63, 3.8) is 0 Å². The number of aromatic amines is 1. The molecule has 7 nitrogen and oxygen atoms in total. The topological polar surface area (TPSA) is 92.1 Å². The number of nitrogens with two attached hydrogens (primary N) is 1. The van der Waals surface area contributed by atoms with Gasteiger partial charge in [0.25, 0.3) is 0 Å². The highest BCUT2D eigenvalue weighted by atomic mass is 19.1. The molecule has 0 atom stereocenters. The van der Waals surface area contributed by atoms with E-state index in [0.29, 0.717) is 18.2 Å². The molecule has 1 aromatic carbocycles. The number of anilines is 3. The highest BCUT2D eigenvalue weighted by Crippen LogP contribution is 2.23. The standard InChI is InChI=1S/C14H19FN6O/c15-11-9-10(17-14-18-13(16)19-20-14)3-4-12(11)22-8-7-21-5-1-2-6-21/h3-4,9H,1-2,5-8H2,(H4,16,17,18,19,20). The van der Waals surface area contributed by atoms with E-state index in [1.807, 2.05) is 0 Å². The first-order chi connectivity index (χ1) is 10.7. The SMILES string of the molecule is Nc1nc(Nc2ccc(OCCN3CCCC3)c(F)c2)n[nH]1. The van der Waals surface area contributed by atoms with Crippen LogP contribution >= 0.6 is 0 Å². The molecule has 8 heteroatoms. The van der Waals surface area contributed by atoms with Crippen molar-refractivity contribution >= 4 is 17.6 Å². The number of benzene rings is 1. The van der Waals surface area contributed by atoms with E-state index in [2.05, 4.69) is 25.4 Å². The smallest absolute Gasteiger partial charge is 0.248 e. The van der Waals surface area contributed by atoms with E-state index < -0.39 is 5.82 Å². The minimum absolute atomic E-state index is 0.199. The van der Waals surface area contributed by atoms with Crippen LogP contribution in [0.5, 0.6) is 5.75 Å². The monoisotopic (exact) mass is 306 g/mol. The third kappa shape index (κ3) is 3.64. The van der Waals surface area contributed by atoms with Gasteiger partial charge in [0.15, 0.2) is 11.6 Å². The molecule has 0 radical (unpaired) electrons. The third-order valence-electron chi connectivity index (χ3n) is 3.55. The molecule has 0 spiro atoms. The number of likely N-dealkylation sites (tertiary alicyclic amines) is 1. The van der Waals surface area contributed by atoms with Gasteiger partial charge in [-0.1, -0.05) is 0 Å². The van der Waals surface area contributed by atoms with Crippen LogP contribution in [0.15, 0.2) is 18.2 Å². The van der Waals surface area contributed by atoms with Gasteiger partial charge in [0, 0.05) is 18.3 Å². The van der Waals surface area contributed by atoms with Crippen LogP contribution in [0.2, 0.25) is 0 Å². The molecule has 0 aliphatic carbocycles. The first-order valence-electron chi connectivity index (χ1n) is 7.30. The molecule has 22 heavy (non-hydrogen) atoms. The van der Waals surface area contributed by atoms with Crippen molar-refractivity contribution in [1.29, 1.82) is 0 Å². The van der Waals surface area contributed by atoms with Crippen molar-refractivity contribution in [2.45, 2.75) is 12.8 Å². The van der Waals surface area contributed by atoms with Crippen molar-refractivity contribution in [3.05, 3.63) is 24.0 Å². The molecule has 0 bridgehead atoms. The molecule has 1 aliphatic rings. The van der Waals surface area contributed by atoms with E-state index >= 15 is 0 Å². The normalized spacial score (nSPS) is 15.1. The zero-order valence-corrected chi connectivity index (χ0v) is 12.2. The number of aromatic nitrogens is 3. The predicted molar refractivity (Wildman–Crippen MR) is 81.6 cm³/mol. The first-order valence-corrected chi connectivity index (χ1v) is 7.30. The van der Waals surface area contributed by atoms with E-state index in [9.17, 15) is 4.39 Å². The van der Waals surface area contributed by atoms with Crippen LogP contribution in [-0.2, 0) is 0 Å². The number of hydrogen-bond acceptors (Lipinski definition) is 6. The van der Waals surface area contributed by atoms with E-state index in [4.69, 9.17) is 10.5 Å². The second-order valence-corrected chi connectivity index (χ2v) is 5.21. The molecule has 1 fully saturated rings. The maximum absolute atomic E-state index is 14.0. The van der Waals surface area contributed by atoms with E-state index in [1.165, 1.54) is 18.9 Å². The van der Waals surface area contributed by atoms with E-state index in [0.717, 1.165) is 19.6 Å². The summed E-state index contributed by atoms with van der Waals surface area (Å²) in [5.74, 6) is 0.318. The van der Waals surface area contributed by atoms with E-state index in [-0.39, 0.29) is 11.7 Å². The number of nitrogen functional groups attached to an aromatic ring is 1. The van der Waals surface area contributed by atoms with E-state index in [1.54, 1.807) is 12.1 Å². The second-order valence-electron chi connectivity index (χ2n) is 5.21. The average molecular weight is 306 g/mol. The van der Waals surface area contributed by atoms with Gasteiger partial charge < -0.3 is 15.8 Å². The molecule has 1 aliphatic heterocycles.